The molecule has 1 aromatic carbocycles. The van der Waals surface area contributed by atoms with Crippen LogP contribution in [0.3, 0.4) is 0 Å². The monoisotopic (exact) mass is 217 g/mol. The van der Waals surface area contributed by atoms with Gasteiger partial charge in [-0.05, 0) is 25.0 Å². The Morgan fingerprint density at radius 3 is 2.94 bits per heavy atom. The molecule has 0 radical (unpaired) electrons. The zero-order valence-corrected chi connectivity index (χ0v) is 9.11. The van der Waals surface area contributed by atoms with Gasteiger partial charge in [0.15, 0.2) is 0 Å². The lowest BCUT2D eigenvalue weighted by Crippen LogP contribution is -2.25. The van der Waals surface area contributed by atoms with Crippen molar-refractivity contribution in [2.24, 2.45) is 0 Å². The van der Waals surface area contributed by atoms with Crippen LogP contribution in [0.15, 0.2) is 36.9 Å². The smallest absolute Gasteiger partial charge is 0.255 e. The van der Waals surface area contributed by atoms with Gasteiger partial charge in [-0.2, -0.15) is 0 Å². The summed E-state index contributed by atoms with van der Waals surface area (Å²) in [5, 5.41) is 2.94. The van der Waals surface area contributed by atoms with E-state index in [9.17, 15) is 4.79 Å². The lowest BCUT2D eigenvalue weighted by atomic mass is 10.2. The molecule has 1 fully saturated rings. The standard InChI is InChI=1S/C13H15NO2/c1-2-9-16-12-6-4-3-5-11(12)13(15)14-10-7-8-10/h2-6,10H,1,7-9H2,(H,14,15). The van der Waals surface area contributed by atoms with Crippen molar-refractivity contribution < 1.29 is 9.53 Å². The highest BCUT2D eigenvalue weighted by molar-refractivity contribution is 5.97. The van der Waals surface area contributed by atoms with Crippen LogP contribution in [0.2, 0.25) is 0 Å². The van der Waals surface area contributed by atoms with E-state index in [1.807, 2.05) is 12.1 Å². The second-order valence-corrected chi connectivity index (χ2v) is 3.84. The molecule has 1 aliphatic carbocycles. The summed E-state index contributed by atoms with van der Waals surface area (Å²) in [6.07, 6.45) is 3.83. The maximum absolute atomic E-state index is 11.9. The van der Waals surface area contributed by atoms with Crippen molar-refractivity contribution in [2.45, 2.75) is 18.9 Å². The highest BCUT2D eigenvalue weighted by Gasteiger charge is 2.24. The van der Waals surface area contributed by atoms with E-state index in [1.165, 1.54) is 0 Å². The molecule has 0 spiro atoms. The molecule has 3 heteroatoms. The van der Waals surface area contributed by atoms with E-state index in [2.05, 4.69) is 11.9 Å². The summed E-state index contributed by atoms with van der Waals surface area (Å²) in [5.74, 6) is 0.558. The number of rotatable bonds is 5. The first kappa shape index (κ1) is 10.7. The van der Waals surface area contributed by atoms with Gasteiger partial charge in [0.25, 0.3) is 5.91 Å². The number of carbonyl (C=O) groups excluding carboxylic acids is 1. The second kappa shape index (κ2) is 4.84. The van der Waals surface area contributed by atoms with E-state index < -0.39 is 0 Å². The van der Waals surface area contributed by atoms with Gasteiger partial charge in [-0.3, -0.25) is 4.79 Å². The number of hydrogen-bond acceptors (Lipinski definition) is 2. The summed E-state index contributed by atoms with van der Waals surface area (Å²) < 4.78 is 5.43. The normalized spacial score (nSPS) is 14.2. The molecule has 0 atom stereocenters. The fraction of sp³-hybridized carbons (Fsp3) is 0.308. The summed E-state index contributed by atoms with van der Waals surface area (Å²) in [6.45, 7) is 3.99. The predicted molar refractivity (Wildman–Crippen MR) is 62.6 cm³/mol. The van der Waals surface area contributed by atoms with Gasteiger partial charge in [0.2, 0.25) is 0 Å². The molecule has 1 saturated carbocycles. The molecule has 1 N–H and O–H groups in total. The fourth-order valence-electron chi connectivity index (χ4n) is 1.42. The predicted octanol–water partition coefficient (Wildman–Crippen LogP) is 2.14. The Morgan fingerprint density at radius 1 is 1.50 bits per heavy atom. The Morgan fingerprint density at radius 2 is 2.25 bits per heavy atom. The van der Waals surface area contributed by atoms with Crippen LogP contribution in [0.1, 0.15) is 23.2 Å². The van der Waals surface area contributed by atoms with Crippen LogP contribution in [0.25, 0.3) is 0 Å². The minimum Gasteiger partial charge on any atom is -0.489 e. The van der Waals surface area contributed by atoms with Crippen LogP contribution in [0.4, 0.5) is 0 Å². The van der Waals surface area contributed by atoms with Gasteiger partial charge in [-0.1, -0.05) is 24.8 Å². The van der Waals surface area contributed by atoms with Gasteiger partial charge < -0.3 is 10.1 Å². The quantitative estimate of drug-likeness (QED) is 0.767. The molecule has 0 unspecified atom stereocenters. The van der Waals surface area contributed by atoms with Crippen molar-refractivity contribution >= 4 is 5.91 Å². The summed E-state index contributed by atoms with van der Waals surface area (Å²) in [6, 6.07) is 7.62. The molecular formula is C13H15NO2. The Balaban J connectivity index is 2.10. The number of nitrogens with one attached hydrogen (secondary N) is 1. The molecule has 0 bridgehead atoms. The Labute approximate surface area is 95.1 Å². The lowest BCUT2D eigenvalue weighted by Gasteiger charge is -2.09. The van der Waals surface area contributed by atoms with Crippen LogP contribution in [-0.4, -0.2) is 18.6 Å². The Bertz CT molecular complexity index is 397. The molecule has 0 saturated heterocycles. The summed E-state index contributed by atoms with van der Waals surface area (Å²) in [4.78, 5) is 11.9. The van der Waals surface area contributed by atoms with Crippen molar-refractivity contribution in [1.29, 1.82) is 0 Å². The SMILES string of the molecule is C=CCOc1ccccc1C(=O)NC1CC1. The molecule has 0 aliphatic heterocycles. The topological polar surface area (TPSA) is 38.3 Å². The molecule has 16 heavy (non-hydrogen) atoms. The summed E-state index contributed by atoms with van der Waals surface area (Å²) in [7, 11) is 0. The highest BCUT2D eigenvalue weighted by Crippen LogP contribution is 2.22. The third-order valence-corrected chi connectivity index (χ3v) is 2.40. The summed E-state index contributed by atoms with van der Waals surface area (Å²) in [5.41, 5.74) is 0.594. The van der Waals surface area contributed by atoms with Gasteiger partial charge in [-0.15, -0.1) is 0 Å². The average molecular weight is 217 g/mol. The average Bonchev–Trinajstić information content (AvgIpc) is 3.10. The minimum atomic E-state index is -0.0536. The highest BCUT2D eigenvalue weighted by atomic mass is 16.5. The number of ether oxygens (including phenoxy) is 1. The van der Waals surface area contributed by atoms with E-state index in [1.54, 1.807) is 18.2 Å². The second-order valence-electron chi connectivity index (χ2n) is 3.84. The number of carbonyl (C=O) groups is 1. The maximum Gasteiger partial charge on any atom is 0.255 e. The third-order valence-electron chi connectivity index (χ3n) is 2.40. The molecular weight excluding hydrogens is 202 g/mol. The van der Waals surface area contributed by atoms with E-state index in [0.29, 0.717) is 24.0 Å². The zero-order chi connectivity index (χ0) is 11.4. The van der Waals surface area contributed by atoms with Gasteiger partial charge in [0, 0.05) is 6.04 Å². The Kier molecular flexibility index (Phi) is 3.25. The van der Waals surface area contributed by atoms with Gasteiger partial charge in [-0.25, -0.2) is 0 Å². The van der Waals surface area contributed by atoms with Crippen LogP contribution < -0.4 is 10.1 Å². The van der Waals surface area contributed by atoms with Crippen molar-refractivity contribution in [3.05, 3.63) is 42.5 Å². The van der Waals surface area contributed by atoms with E-state index >= 15 is 0 Å². The number of amides is 1. The molecule has 1 amide bonds. The fourth-order valence-corrected chi connectivity index (χ4v) is 1.42. The molecule has 84 valence electrons. The van der Waals surface area contributed by atoms with Gasteiger partial charge in [0.1, 0.15) is 12.4 Å². The number of benzene rings is 1. The largest absolute Gasteiger partial charge is 0.489 e. The number of hydrogen-bond donors (Lipinski definition) is 1. The molecule has 0 aromatic heterocycles. The van der Waals surface area contributed by atoms with Crippen LogP contribution in [-0.2, 0) is 0 Å². The molecule has 2 rings (SSSR count). The Hall–Kier alpha value is -1.77. The molecule has 3 nitrogen and oxygen atoms in total. The first-order valence-electron chi connectivity index (χ1n) is 5.45. The van der Waals surface area contributed by atoms with Crippen molar-refractivity contribution in [1.82, 2.24) is 5.32 Å². The lowest BCUT2D eigenvalue weighted by molar-refractivity contribution is 0.0947. The minimum absolute atomic E-state index is 0.0536. The van der Waals surface area contributed by atoms with E-state index in [-0.39, 0.29) is 5.91 Å². The van der Waals surface area contributed by atoms with Crippen LogP contribution in [0, 0.1) is 0 Å². The summed E-state index contributed by atoms with van der Waals surface area (Å²) >= 11 is 0. The molecule has 0 heterocycles. The molecule has 1 aliphatic rings. The number of para-hydroxylation sites is 1. The zero-order valence-electron chi connectivity index (χ0n) is 9.11. The van der Waals surface area contributed by atoms with Crippen LogP contribution >= 0.6 is 0 Å². The first-order chi connectivity index (χ1) is 7.81. The third kappa shape index (κ3) is 2.63. The first-order valence-corrected chi connectivity index (χ1v) is 5.45. The van der Waals surface area contributed by atoms with Crippen LogP contribution in [0.5, 0.6) is 5.75 Å². The molecule has 1 aromatic rings. The van der Waals surface area contributed by atoms with Crippen molar-refractivity contribution in [3.8, 4) is 5.75 Å². The van der Waals surface area contributed by atoms with Crippen molar-refractivity contribution in [2.75, 3.05) is 6.61 Å². The van der Waals surface area contributed by atoms with Gasteiger partial charge in [0.05, 0.1) is 5.56 Å². The van der Waals surface area contributed by atoms with E-state index in [4.69, 9.17) is 4.74 Å². The van der Waals surface area contributed by atoms with E-state index in [0.717, 1.165) is 12.8 Å². The van der Waals surface area contributed by atoms with Crippen molar-refractivity contribution in [3.63, 3.8) is 0 Å². The maximum atomic E-state index is 11.9. The van der Waals surface area contributed by atoms with Gasteiger partial charge >= 0.3 is 0 Å².